The fourth-order valence-corrected chi connectivity index (χ4v) is 0.655. The van der Waals surface area contributed by atoms with Crippen LogP contribution in [0.25, 0.3) is 0 Å². The van der Waals surface area contributed by atoms with E-state index in [1.165, 1.54) is 5.57 Å². The number of hydrogen-bond donors (Lipinski definition) is 0. The summed E-state index contributed by atoms with van der Waals surface area (Å²) in [5.74, 6) is 5.90. The number of allylic oxidation sites excluding steroid dienone is 3. The van der Waals surface area contributed by atoms with Crippen molar-refractivity contribution in [3.63, 3.8) is 0 Å². The molecule has 0 aromatic carbocycles. The molecule has 0 unspecified atom stereocenters. The summed E-state index contributed by atoms with van der Waals surface area (Å²) in [5.41, 5.74) is 1.27. The second kappa shape index (κ2) is 77.0. The molecule has 0 nitrogen and oxygen atoms in total. The number of rotatable bonds is 2. The van der Waals surface area contributed by atoms with Crippen LogP contribution in [0.4, 0.5) is 0 Å². The standard InChI is InChI=1S/C7H12.C6H10.3C2H6.C2H4/c1-4-6-7(3)5-2;1-3-5-6-4-2;4*1-2/h5-6H,2,4H2,1,3H3;3-4H2,1-2H3;3*1-2H3;1-2H2/b7-6+;;;;;. The molecule has 0 aliphatic carbocycles. The Bertz CT molecular complexity index is 190. The summed E-state index contributed by atoms with van der Waals surface area (Å²) in [6.45, 7) is 29.9. The quantitative estimate of drug-likeness (QED) is 0.273. The molecule has 0 N–H and O–H groups in total. The SMILES string of the molecule is C=C.C=C/C(C)=C/CC.CC.CC.CC.CCC#CCC. The molecule has 128 valence electrons. The number of hydrogen-bond acceptors (Lipinski definition) is 0. The van der Waals surface area contributed by atoms with Crippen molar-refractivity contribution in [3.05, 3.63) is 37.5 Å². The van der Waals surface area contributed by atoms with Crippen LogP contribution >= 0.6 is 0 Å². The molecule has 21 heavy (non-hydrogen) atoms. The van der Waals surface area contributed by atoms with E-state index in [1.54, 1.807) is 0 Å². The third kappa shape index (κ3) is 115. The maximum absolute atomic E-state index is 3.61. The van der Waals surface area contributed by atoms with E-state index >= 15 is 0 Å². The minimum absolute atomic E-state index is 0.994. The van der Waals surface area contributed by atoms with E-state index in [4.69, 9.17) is 0 Å². The molecule has 0 amide bonds. The van der Waals surface area contributed by atoms with Gasteiger partial charge in [-0.05, 0) is 13.3 Å². The Morgan fingerprint density at radius 2 is 1.10 bits per heavy atom. The monoisotopic (exact) mass is 296 g/mol. The van der Waals surface area contributed by atoms with Gasteiger partial charge in [0.15, 0.2) is 0 Å². The van der Waals surface area contributed by atoms with Crippen LogP contribution in [0.1, 0.15) is 88.5 Å². The summed E-state index contributed by atoms with van der Waals surface area (Å²) in [4.78, 5) is 0. The van der Waals surface area contributed by atoms with Gasteiger partial charge in [-0.25, -0.2) is 0 Å². The first-order chi connectivity index (χ1) is 10.2. The lowest BCUT2D eigenvalue weighted by Gasteiger charge is -1.83. The molecule has 0 bridgehead atoms. The van der Waals surface area contributed by atoms with Gasteiger partial charge in [-0.3, -0.25) is 0 Å². The van der Waals surface area contributed by atoms with E-state index in [2.05, 4.69) is 65.3 Å². The van der Waals surface area contributed by atoms with Crippen molar-refractivity contribution in [3.8, 4) is 11.8 Å². The van der Waals surface area contributed by atoms with Crippen molar-refractivity contribution < 1.29 is 0 Å². The molecule has 0 aliphatic heterocycles. The predicted octanol–water partition coefficient (Wildman–Crippen LogP) is 8.22. The predicted molar refractivity (Wildman–Crippen MR) is 108 cm³/mol. The van der Waals surface area contributed by atoms with Crippen LogP contribution < -0.4 is 0 Å². The summed E-state index contributed by atoms with van der Waals surface area (Å²) in [6, 6.07) is 0. The zero-order valence-corrected chi connectivity index (χ0v) is 16.9. The molecule has 0 aromatic heterocycles. The highest BCUT2D eigenvalue weighted by molar-refractivity contribution is 5.11. The van der Waals surface area contributed by atoms with Crippen molar-refractivity contribution in [2.45, 2.75) is 88.5 Å². The molecule has 0 fully saturated rings. The van der Waals surface area contributed by atoms with Gasteiger partial charge in [0.1, 0.15) is 0 Å². The summed E-state index contributed by atoms with van der Waals surface area (Å²) in [6.07, 6.45) is 7.11. The summed E-state index contributed by atoms with van der Waals surface area (Å²) < 4.78 is 0. The van der Waals surface area contributed by atoms with E-state index in [1.807, 2.05) is 47.6 Å². The molecular weight excluding hydrogens is 252 g/mol. The van der Waals surface area contributed by atoms with Gasteiger partial charge in [0.05, 0.1) is 0 Å². The van der Waals surface area contributed by atoms with Crippen LogP contribution in [0.15, 0.2) is 37.5 Å². The van der Waals surface area contributed by atoms with Gasteiger partial charge in [-0.15, -0.1) is 25.0 Å². The second-order valence-corrected chi connectivity index (χ2v) is 2.62. The first-order valence-electron chi connectivity index (χ1n) is 8.47. The molecule has 0 atom stereocenters. The lowest BCUT2D eigenvalue weighted by molar-refractivity contribution is 1.20. The summed E-state index contributed by atoms with van der Waals surface area (Å²) >= 11 is 0. The van der Waals surface area contributed by atoms with Gasteiger partial charge in [-0.1, -0.05) is 86.6 Å². The zero-order valence-electron chi connectivity index (χ0n) is 16.9. The average Bonchev–Trinajstić information content (AvgIpc) is 2.61. The largest absolute Gasteiger partial charge is 0.106 e. The molecule has 0 aliphatic rings. The molecule has 0 aromatic rings. The molecule has 0 spiro atoms. The maximum Gasteiger partial charge on any atom is 0.00602 e. The van der Waals surface area contributed by atoms with Crippen LogP contribution in [0.2, 0.25) is 0 Å². The Kier molecular flexibility index (Phi) is 135. The Morgan fingerprint density at radius 3 is 1.19 bits per heavy atom. The van der Waals surface area contributed by atoms with Crippen molar-refractivity contribution in [2.24, 2.45) is 0 Å². The zero-order chi connectivity index (χ0) is 18.5. The third-order valence-electron chi connectivity index (χ3n) is 1.33. The molecule has 0 saturated carbocycles. The lowest BCUT2D eigenvalue weighted by atomic mass is 10.2. The van der Waals surface area contributed by atoms with Gasteiger partial charge in [0.2, 0.25) is 0 Å². The van der Waals surface area contributed by atoms with Crippen LogP contribution in [0.5, 0.6) is 0 Å². The molecule has 0 saturated heterocycles. The minimum atomic E-state index is 0.994. The van der Waals surface area contributed by atoms with E-state index < -0.39 is 0 Å². The summed E-state index contributed by atoms with van der Waals surface area (Å²) in [7, 11) is 0. The first kappa shape index (κ1) is 36.7. The fraction of sp³-hybridized carbons (Fsp3) is 0.619. The first-order valence-corrected chi connectivity index (χ1v) is 8.47. The van der Waals surface area contributed by atoms with E-state index in [0.717, 1.165) is 19.3 Å². The van der Waals surface area contributed by atoms with Crippen molar-refractivity contribution in [2.75, 3.05) is 0 Å². The average molecular weight is 297 g/mol. The molecular formula is C21H44. The highest BCUT2D eigenvalue weighted by atomic mass is 13.8. The van der Waals surface area contributed by atoms with Gasteiger partial charge in [0, 0.05) is 12.8 Å². The Labute approximate surface area is 138 Å². The smallest absolute Gasteiger partial charge is 0.00602 e. The van der Waals surface area contributed by atoms with Crippen molar-refractivity contribution >= 4 is 0 Å². The molecule has 0 heterocycles. The van der Waals surface area contributed by atoms with Crippen molar-refractivity contribution in [1.82, 2.24) is 0 Å². The molecule has 0 radical (unpaired) electrons. The van der Waals surface area contributed by atoms with Gasteiger partial charge in [-0.2, -0.15) is 0 Å². The second-order valence-electron chi connectivity index (χ2n) is 2.62. The van der Waals surface area contributed by atoms with Crippen molar-refractivity contribution in [1.29, 1.82) is 0 Å². The van der Waals surface area contributed by atoms with Crippen LogP contribution in [0, 0.1) is 11.8 Å². The van der Waals surface area contributed by atoms with E-state index in [0.29, 0.717) is 0 Å². The van der Waals surface area contributed by atoms with Crippen LogP contribution in [0.3, 0.4) is 0 Å². The molecule has 0 rings (SSSR count). The van der Waals surface area contributed by atoms with Gasteiger partial charge < -0.3 is 0 Å². The van der Waals surface area contributed by atoms with Gasteiger partial charge >= 0.3 is 0 Å². The Hall–Kier alpha value is -1.22. The highest BCUT2D eigenvalue weighted by Gasteiger charge is 1.71. The molecule has 0 heteroatoms. The third-order valence-corrected chi connectivity index (χ3v) is 1.33. The van der Waals surface area contributed by atoms with Crippen LogP contribution in [-0.4, -0.2) is 0 Å². The van der Waals surface area contributed by atoms with Gasteiger partial charge in [0.25, 0.3) is 0 Å². The van der Waals surface area contributed by atoms with E-state index in [9.17, 15) is 0 Å². The topological polar surface area (TPSA) is 0 Å². The Balaban J connectivity index is -0.0000000365. The normalized spacial score (nSPS) is 6.67. The minimum Gasteiger partial charge on any atom is -0.106 e. The van der Waals surface area contributed by atoms with E-state index in [-0.39, 0.29) is 0 Å². The highest BCUT2D eigenvalue weighted by Crippen LogP contribution is 1.93. The fourth-order valence-electron chi connectivity index (χ4n) is 0.655. The Morgan fingerprint density at radius 1 is 0.810 bits per heavy atom. The maximum atomic E-state index is 3.61. The lowest BCUT2D eigenvalue weighted by Crippen LogP contribution is -1.62. The summed E-state index contributed by atoms with van der Waals surface area (Å²) in [5, 5.41) is 0. The van der Waals surface area contributed by atoms with Crippen LogP contribution in [-0.2, 0) is 0 Å².